The molecule has 14 rings (SSSR count). The van der Waals surface area contributed by atoms with Gasteiger partial charge < -0.3 is 9.47 Å². The summed E-state index contributed by atoms with van der Waals surface area (Å²) in [5.74, 6) is 0. The predicted octanol–water partition coefficient (Wildman–Crippen LogP) is 17.6. The van der Waals surface area contributed by atoms with Gasteiger partial charge in [0, 0.05) is 27.6 Å². The molecule has 2 nitrogen and oxygen atoms in total. The van der Waals surface area contributed by atoms with Gasteiger partial charge in [-0.2, -0.15) is 0 Å². The van der Waals surface area contributed by atoms with Crippen molar-refractivity contribution in [1.82, 2.24) is 4.57 Å². The van der Waals surface area contributed by atoms with E-state index in [0.29, 0.717) is 0 Å². The fourth-order valence-corrected chi connectivity index (χ4v) is 11.9. The summed E-state index contributed by atoms with van der Waals surface area (Å²) in [7, 11) is 0. The second kappa shape index (κ2) is 15.6. The summed E-state index contributed by atoms with van der Waals surface area (Å²) in [6, 6.07) is 98.8. The van der Waals surface area contributed by atoms with Crippen molar-refractivity contribution in [1.29, 1.82) is 0 Å². The van der Waals surface area contributed by atoms with Gasteiger partial charge in [-0.1, -0.05) is 224 Å². The summed E-state index contributed by atoms with van der Waals surface area (Å²) in [6.07, 6.45) is 0. The zero-order valence-electron chi connectivity index (χ0n) is 37.8. The van der Waals surface area contributed by atoms with E-state index in [4.69, 9.17) is 0 Å². The minimum atomic E-state index is -0.593. The van der Waals surface area contributed by atoms with E-state index in [1.54, 1.807) is 0 Å². The molecule has 1 aromatic heterocycles. The van der Waals surface area contributed by atoms with Gasteiger partial charge in [0.1, 0.15) is 0 Å². The molecule has 1 aliphatic heterocycles. The highest BCUT2D eigenvalue weighted by Crippen LogP contribution is 2.62. The third-order valence-corrected chi connectivity index (χ3v) is 14.8. The molecule has 1 spiro atoms. The summed E-state index contributed by atoms with van der Waals surface area (Å²) < 4.78 is 2.55. The van der Waals surface area contributed by atoms with Crippen molar-refractivity contribution in [3.05, 3.63) is 289 Å². The Kier molecular flexibility index (Phi) is 8.84. The molecule has 2 heteroatoms. The SMILES string of the molecule is c1ccc(-c2ccc(-c3ccccc3N(c3cc4c5c(c3)c3ccccc3n5-c3ccccc3C43c4ccccc4-c4ccccc43)c3ccccc3-c3cccc(-c4ccccc4)c3)cc2)cc1. The third kappa shape index (κ3) is 5.86. The van der Waals surface area contributed by atoms with Crippen LogP contribution in [0.5, 0.6) is 0 Å². The predicted molar refractivity (Wildman–Crippen MR) is 288 cm³/mol. The van der Waals surface area contributed by atoms with Gasteiger partial charge in [-0.3, -0.25) is 0 Å². The van der Waals surface area contributed by atoms with E-state index in [9.17, 15) is 0 Å². The number of aromatic nitrogens is 1. The fraction of sp³-hybridized carbons (Fsp3) is 0.0149. The van der Waals surface area contributed by atoms with Gasteiger partial charge in [-0.25, -0.2) is 0 Å². The highest BCUT2D eigenvalue weighted by atomic mass is 15.1. The van der Waals surface area contributed by atoms with Crippen LogP contribution in [0, 0.1) is 0 Å². The van der Waals surface area contributed by atoms with Crippen LogP contribution in [0.25, 0.3) is 83.1 Å². The lowest BCUT2D eigenvalue weighted by Crippen LogP contribution is -2.33. The van der Waals surface area contributed by atoms with Crippen LogP contribution in [0.1, 0.15) is 22.3 Å². The molecule has 0 amide bonds. The van der Waals surface area contributed by atoms with Gasteiger partial charge in [0.15, 0.2) is 0 Å². The molecule has 0 atom stereocenters. The summed E-state index contributed by atoms with van der Waals surface area (Å²) in [6.45, 7) is 0. The Labute approximate surface area is 402 Å². The Morgan fingerprint density at radius 2 is 0.768 bits per heavy atom. The second-order valence-electron chi connectivity index (χ2n) is 18.4. The number of benzene rings is 11. The zero-order valence-corrected chi connectivity index (χ0v) is 37.8. The summed E-state index contributed by atoms with van der Waals surface area (Å²) >= 11 is 0. The minimum Gasteiger partial charge on any atom is -0.309 e. The summed E-state index contributed by atoms with van der Waals surface area (Å²) in [5, 5.41) is 2.46. The van der Waals surface area contributed by atoms with Crippen molar-refractivity contribution in [2.24, 2.45) is 0 Å². The normalized spacial score (nSPS) is 12.8. The van der Waals surface area contributed by atoms with Crippen molar-refractivity contribution >= 4 is 38.9 Å². The van der Waals surface area contributed by atoms with Gasteiger partial charge in [-0.15, -0.1) is 0 Å². The van der Waals surface area contributed by atoms with Crippen LogP contribution >= 0.6 is 0 Å². The van der Waals surface area contributed by atoms with Gasteiger partial charge in [0.25, 0.3) is 0 Å². The fourth-order valence-electron chi connectivity index (χ4n) is 11.9. The average molecular weight is 877 g/mol. The van der Waals surface area contributed by atoms with Crippen LogP contribution in [0.15, 0.2) is 267 Å². The van der Waals surface area contributed by atoms with Crippen molar-refractivity contribution < 1.29 is 0 Å². The van der Waals surface area contributed by atoms with Crippen LogP contribution in [-0.4, -0.2) is 4.57 Å². The first-order valence-corrected chi connectivity index (χ1v) is 23.9. The van der Waals surface area contributed by atoms with E-state index in [1.165, 1.54) is 83.1 Å². The minimum absolute atomic E-state index is 0.593. The van der Waals surface area contributed by atoms with Crippen LogP contribution < -0.4 is 4.90 Å². The second-order valence-corrected chi connectivity index (χ2v) is 18.4. The van der Waals surface area contributed by atoms with Gasteiger partial charge in [0.05, 0.1) is 33.5 Å². The van der Waals surface area contributed by atoms with Gasteiger partial charge in [-0.05, 0) is 109 Å². The molecule has 11 aromatic carbocycles. The zero-order chi connectivity index (χ0) is 45.5. The van der Waals surface area contributed by atoms with E-state index < -0.39 is 5.41 Å². The number of fused-ring (bicyclic) bond motifs is 12. The number of rotatable bonds is 7. The van der Waals surface area contributed by atoms with Gasteiger partial charge in [0.2, 0.25) is 0 Å². The van der Waals surface area contributed by atoms with Crippen LogP contribution in [-0.2, 0) is 5.41 Å². The summed E-state index contributed by atoms with van der Waals surface area (Å²) in [4.78, 5) is 2.55. The molecule has 2 aliphatic rings. The lowest BCUT2D eigenvalue weighted by Gasteiger charge is -2.40. The molecule has 0 radical (unpaired) electrons. The Balaban J connectivity index is 1.09. The number of hydrogen-bond donors (Lipinski definition) is 0. The van der Waals surface area contributed by atoms with Crippen LogP contribution in [0.4, 0.5) is 17.1 Å². The molecule has 0 fully saturated rings. The molecule has 0 saturated carbocycles. The number of anilines is 3. The first-order valence-electron chi connectivity index (χ1n) is 23.9. The van der Waals surface area contributed by atoms with Crippen molar-refractivity contribution in [3.8, 4) is 61.3 Å². The number of nitrogens with zero attached hydrogens (tertiary/aromatic N) is 2. The molecule has 1 aliphatic carbocycles. The average Bonchev–Trinajstić information content (AvgIpc) is 3.92. The molecular weight excluding hydrogens is 833 g/mol. The highest BCUT2D eigenvalue weighted by Gasteiger charge is 2.51. The molecule has 69 heavy (non-hydrogen) atoms. The molecule has 0 N–H and O–H groups in total. The summed E-state index contributed by atoms with van der Waals surface area (Å²) in [5.41, 5.74) is 23.6. The van der Waals surface area contributed by atoms with E-state index in [2.05, 4.69) is 276 Å². The van der Waals surface area contributed by atoms with Crippen molar-refractivity contribution in [2.75, 3.05) is 4.90 Å². The molecule has 0 bridgehead atoms. The lowest BCUT2D eigenvalue weighted by molar-refractivity contribution is 0.748. The first-order chi connectivity index (χ1) is 34.3. The number of hydrogen-bond acceptors (Lipinski definition) is 1. The maximum Gasteiger partial charge on any atom is 0.0755 e. The highest BCUT2D eigenvalue weighted by molar-refractivity contribution is 6.14. The molecule has 12 aromatic rings. The van der Waals surface area contributed by atoms with Crippen LogP contribution in [0.3, 0.4) is 0 Å². The standard InChI is InChI=1S/C67H44N2/c1-3-20-45(21-4-1)47-38-40-48(41-39-47)52-26-9-15-34-62(52)68(63-35-16-10-27-53(63)50-25-19-24-49(42-50)46-22-5-2-6-23-46)51-43-57-56-30-11-17-36-64(56)69-65-37-18-14-33-60(65)67(61(44-51)66(57)69)58-31-12-7-28-54(58)55-29-8-13-32-59(55)67/h1-44H. The smallest absolute Gasteiger partial charge is 0.0755 e. The van der Waals surface area contributed by atoms with Crippen LogP contribution in [0.2, 0.25) is 0 Å². The first kappa shape index (κ1) is 39.2. The number of para-hydroxylation sites is 4. The monoisotopic (exact) mass is 876 g/mol. The third-order valence-electron chi connectivity index (χ3n) is 14.8. The molecular formula is C67H44N2. The van der Waals surface area contributed by atoms with Crippen molar-refractivity contribution in [3.63, 3.8) is 0 Å². The largest absolute Gasteiger partial charge is 0.309 e. The lowest BCUT2D eigenvalue weighted by atomic mass is 9.65. The van der Waals surface area contributed by atoms with E-state index in [1.807, 2.05) is 0 Å². The quantitative estimate of drug-likeness (QED) is 0.155. The molecule has 0 unspecified atom stereocenters. The topological polar surface area (TPSA) is 8.17 Å². The van der Waals surface area contributed by atoms with E-state index >= 15 is 0 Å². The Hall–Kier alpha value is -8.98. The van der Waals surface area contributed by atoms with E-state index in [0.717, 1.165) is 39.3 Å². The maximum atomic E-state index is 2.55. The van der Waals surface area contributed by atoms with E-state index in [-0.39, 0.29) is 0 Å². The molecule has 322 valence electrons. The Morgan fingerprint density at radius 1 is 0.290 bits per heavy atom. The van der Waals surface area contributed by atoms with Gasteiger partial charge >= 0.3 is 0 Å². The Morgan fingerprint density at radius 3 is 1.45 bits per heavy atom. The Bertz CT molecular complexity index is 3910. The maximum absolute atomic E-state index is 2.55. The molecule has 2 heterocycles. The molecule has 0 saturated heterocycles. The van der Waals surface area contributed by atoms with Crippen molar-refractivity contribution in [2.45, 2.75) is 5.41 Å².